The minimum absolute atomic E-state index is 0.115. The van der Waals surface area contributed by atoms with Crippen molar-refractivity contribution in [3.05, 3.63) is 76.0 Å². The largest absolute Gasteiger partial charge is 0.491 e. The molecule has 13 nitrogen and oxygen atoms in total. The molecule has 0 atom stereocenters. The molecular formula is C35H56N10O3. The standard InChI is InChI=1S/C19H28N6O.C16H28N4O2/c1-19(2,3)17-24-12-15(16(26)25-17)14-7-5-13(6-8-14)11-22-9-4-10-23-18(20)21;1-16(2,3)20-15(21)19-13-6-5-12(7-9-18)11-14(13)22-10-4-8-17/h5-8,12,22H,4,9-11H2,1-3H3,(H4,20,21,23)(H,24,25,26);5-6,11H,4,7-10,17-18H2,1-3H3,(H2,19,20,21). The number of nitrogens with zero attached hydrogens (tertiary/aromatic N) is 2. The van der Waals surface area contributed by atoms with Crippen molar-refractivity contribution >= 4 is 17.7 Å². The number of guanidine groups is 1. The van der Waals surface area contributed by atoms with Crippen LogP contribution in [0.4, 0.5) is 10.5 Å². The molecule has 2 aromatic carbocycles. The highest BCUT2D eigenvalue weighted by atomic mass is 16.5. The number of aromatic amines is 1. The molecule has 0 saturated carbocycles. The Kier molecular flexibility index (Phi) is 16.0. The molecule has 0 aliphatic rings. The number of H-pyrrole nitrogens is 1. The van der Waals surface area contributed by atoms with Crippen molar-refractivity contribution in [2.45, 2.75) is 78.3 Å². The van der Waals surface area contributed by atoms with E-state index in [1.54, 1.807) is 6.20 Å². The number of aliphatic imine (C=N–C) groups is 1. The number of hydrogen-bond donors (Lipinski definition) is 8. The first kappa shape index (κ1) is 39.7. The number of rotatable bonds is 14. The molecule has 1 aromatic heterocycles. The summed E-state index contributed by atoms with van der Waals surface area (Å²) >= 11 is 0. The second kappa shape index (κ2) is 19.4. The number of urea groups is 1. The zero-order valence-electron chi connectivity index (χ0n) is 29.4. The summed E-state index contributed by atoms with van der Waals surface area (Å²) in [5.41, 5.74) is 25.3. The van der Waals surface area contributed by atoms with E-state index in [0.717, 1.165) is 49.0 Å². The van der Waals surface area contributed by atoms with Crippen molar-refractivity contribution in [2.75, 3.05) is 38.1 Å². The Balaban J connectivity index is 0.000000339. The van der Waals surface area contributed by atoms with Crippen LogP contribution < -0.4 is 49.2 Å². The SMILES string of the molecule is CC(C)(C)NC(=O)Nc1ccc(CCN)cc1OCCCN.CC(C)(C)c1ncc(-c2ccc(CNCCCN=C(N)N)cc2)c(=O)[nH]1. The van der Waals surface area contributed by atoms with E-state index in [1.165, 1.54) is 0 Å². The number of aromatic nitrogens is 2. The summed E-state index contributed by atoms with van der Waals surface area (Å²) in [4.78, 5) is 35.6. The third-order valence-electron chi connectivity index (χ3n) is 6.73. The van der Waals surface area contributed by atoms with E-state index in [9.17, 15) is 9.59 Å². The Morgan fingerprint density at radius 2 is 1.65 bits per heavy atom. The highest BCUT2D eigenvalue weighted by Crippen LogP contribution is 2.26. The number of carbonyl (C=O) groups is 1. The van der Waals surface area contributed by atoms with E-state index < -0.39 is 0 Å². The lowest BCUT2D eigenvalue weighted by Gasteiger charge is -2.21. The molecule has 2 amide bonds. The molecule has 48 heavy (non-hydrogen) atoms. The fourth-order valence-electron chi connectivity index (χ4n) is 4.30. The van der Waals surface area contributed by atoms with E-state index in [2.05, 4.69) is 30.9 Å². The van der Waals surface area contributed by atoms with Gasteiger partial charge in [0.15, 0.2) is 5.96 Å². The predicted molar refractivity (Wildman–Crippen MR) is 196 cm³/mol. The first-order valence-electron chi connectivity index (χ1n) is 16.3. The molecule has 0 unspecified atom stereocenters. The van der Waals surface area contributed by atoms with E-state index in [1.807, 2.05) is 84.0 Å². The molecule has 12 N–H and O–H groups in total. The van der Waals surface area contributed by atoms with E-state index in [0.29, 0.717) is 49.1 Å². The van der Waals surface area contributed by atoms with Crippen molar-refractivity contribution in [1.82, 2.24) is 20.6 Å². The fraction of sp³-hybridized carbons (Fsp3) is 0.486. The van der Waals surface area contributed by atoms with Crippen molar-refractivity contribution in [1.29, 1.82) is 0 Å². The molecule has 3 aromatic rings. The molecule has 1 heterocycles. The zero-order chi connectivity index (χ0) is 35.7. The maximum Gasteiger partial charge on any atom is 0.319 e. The first-order valence-corrected chi connectivity index (χ1v) is 16.3. The normalized spacial score (nSPS) is 11.2. The average molecular weight is 665 g/mol. The van der Waals surface area contributed by atoms with Gasteiger partial charge in [-0.3, -0.25) is 9.79 Å². The van der Waals surface area contributed by atoms with Gasteiger partial charge < -0.3 is 48.6 Å². The summed E-state index contributed by atoms with van der Waals surface area (Å²) in [6.45, 7) is 15.7. The van der Waals surface area contributed by atoms with Crippen molar-refractivity contribution in [2.24, 2.45) is 27.9 Å². The van der Waals surface area contributed by atoms with Crippen LogP contribution in [0.1, 0.15) is 71.3 Å². The number of ether oxygens (including phenoxy) is 1. The summed E-state index contributed by atoms with van der Waals surface area (Å²) in [7, 11) is 0. The predicted octanol–water partition coefficient (Wildman–Crippen LogP) is 3.32. The van der Waals surface area contributed by atoms with Crippen molar-refractivity contribution < 1.29 is 9.53 Å². The van der Waals surface area contributed by atoms with Crippen molar-refractivity contribution in [3.8, 4) is 16.9 Å². The summed E-state index contributed by atoms with van der Waals surface area (Å²) < 4.78 is 5.73. The van der Waals surface area contributed by atoms with Gasteiger partial charge in [-0.15, -0.1) is 0 Å². The van der Waals surface area contributed by atoms with Crippen LogP contribution >= 0.6 is 0 Å². The molecule has 0 fully saturated rings. The van der Waals surface area contributed by atoms with Crippen LogP contribution in [0.5, 0.6) is 5.75 Å². The Labute approximate surface area is 284 Å². The topological polar surface area (TPSA) is 225 Å². The summed E-state index contributed by atoms with van der Waals surface area (Å²) in [6.07, 6.45) is 4.05. The molecular weight excluding hydrogens is 608 g/mol. The van der Waals surface area contributed by atoms with Crippen LogP contribution in [0.25, 0.3) is 11.1 Å². The van der Waals surface area contributed by atoms with Crippen LogP contribution in [-0.4, -0.2) is 60.3 Å². The van der Waals surface area contributed by atoms with Gasteiger partial charge in [0, 0.05) is 30.2 Å². The Morgan fingerprint density at radius 3 is 2.23 bits per heavy atom. The molecule has 0 radical (unpaired) electrons. The van der Waals surface area contributed by atoms with E-state index >= 15 is 0 Å². The first-order chi connectivity index (χ1) is 22.6. The number of nitrogens with two attached hydrogens (primary N) is 4. The van der Waals surface area contributed by atoms with Gasteiger partial charge in [0.05, 0.1) is 17.9 Å². The van der Waals surface area contributed by atoms with E-state index in [-0.39, 0.29) is 28.5 Å². The number of benzene rings is 2. The third kappa shape index (κ3) is 15.0. The van der Waals surface area contributed by atoms with Gasteiger partial charge in [-0.25, -0.2) is 9.78 Å². The molecule has 3 rings (SSSR count). The monoisotopic (exact) mass is 664 g/mol. The maximum absolute atomic E-state index is 12.4. The van der Waals surface area contributed by atoms with Crippen LogP contribution in [0.2, 0.25) is 0 Å². The quantitative estimate of drug-likeness (QED) is 0.0718. The summed E-state index contributed by atoms with van der Waals surface area (Å²) in [5, 5.41) is 9.02. The minimum atomic E-state index is -0.301. The van der Waals surface area contributed by atoms with Gasteiger partial charge >= 0.3 is 6.03 Å². The van der Waals surface area contributed by atoms with Crippen LogP contribution in [-0.2, 0) is 18.4 Å². The third-order valence-corrected chi connectivity index (χ3v) is 6.73. The number of amides is 2. The van der Waals surface area contributed by atoms with Gasteiger partial charge in [-0.05, 0) is 88.5 Å². The molecule has 0 aliphatic carbocycles. The van der Waals surface area contributed by atoms with Gasteiger partial charge in [-0.2, -0.15) is 0 Å². The number of hydrogen-bond acceptors (Lipinski definition) is 8. The Hall–Kier alpha value is -4.46. The van der Waals surface area contributed by atoms with Crippen LogP contribution in [0.3, 0.4) is 0 Å². The number of anilines is 1. The Bertz CT molecular complexity index is 1500. The Morgan fingerprint density at radius 1 is 0.958 bits per heavy atom. The van der Waals surface area contributed by atoms with Gasteiger partial charge in [-0.1, -0.05) is 51.1 Å². The zero-order valence-corrected chi connectivity index (χ0v) is 29.4. The van der Waals surface area contributed by atoms with Gasteiger partial charge in [0.25, 0.3) is 5.56 Å². The summed E-state index contributed by atoms with van der Waals surface area (Å²) in [5.74, 6) is 1.46. The van der Waals surface area contributed by atoms with Gasteiger partial charge in [0.1, 0.15) is 11.6 Å². The fourth-order valence-corrected chi connectivity index (χ4v) is 4.30. The van der Waals surface area contributed by atoms with Gasteiger partial charge in [0.2, 0.25) is 0 Å². The number of carbonyl (C=O) groups excluding carboxylic acids is 1. The van der Waals surface area contributed by atoms with Crippen LogP contribution in [0.15, 0.2) is 58.4 Å². The second-order valence-electron chi connectivity index (χ2n) is 13.4. The lowest BCUT2D eigenvalue weighted by atomic mass is 9.95. The molecule has 264 valence electrons. The summed E-state index contributed by atoms with van der Waals surface area (Å²) in [6, 6.07) is 13.3. The highest BCUT2D eigenvalue weighted by Gasteiger charge is 2.18. The molecule has 0 aliphatic heterocycles. The minimum Gasteiger partial charge on any atom is -0.491 e. The lowest BCUT2D eigenvalue weighted by Crippen LogP contribution is -2.43. The molecule has 0 saturated heterocycles. The average Bonchev–Trinajstić information content (AvgIpc) is 2.99. The molecule has 0 spiro atoms. The van der Waals surface area contributed by atoms with E-state index in [4.69, 9.17) is 27.7 Å². The highest BCUT2D eigenvalue weighted by molar-refractivity contribution is 5.91. The smallest absolute Gasteiger partial charge is 0.319 e. The molecule has 0 bridgehead atoms. The second-order valence-corrected chi connectivity index (χ2v) is 13.4. The lowest BCUT2D eigenvalue weighted by molar-refractivity contribution is 0.243. The maximum atomic E-state index is 12.4. The van der Waals surface area contributed by atoms with Crippen molar-refractivity contribution in [3.63, 3.8) is 0 Å². The van der Waals surface area contributed by atoms with Crippen LogP contribution in [0, 0.1) is 0 Å². The number of nitrogens with one attached hydrogen (secondary N) is 4. The molecule has 13 heteroatoms.